The van der Waals surface area contributed by atoms with Crippen LogP contribution in [0, 0.1) is 6.92 Å². The lowest BCUT2D eigenvalue weighted by molar-refractivity contribution is 0.308. The summed E-state index contributed by atoms with van der Waals surface area (Å²) in [5, 5.41) is 3.42. The van der Waals surface area contributed by atoms with Crippen LogP contribution in [0.1, 0.15) is 36.5 Å². The predicted octanol–water partition coefficient (Wildman–Crippen LogP) is 4.09. The molecule has 0 aliphatic carbocycles. The second-order valence-electron chi connectivity index (χ2n) is 6.00. The first-order valence-corrected chi connectivity index (χ1v) is 8.46. The number of benzene rings is 2. The molecule has 0 atom stereocenters. The molecule has 3 N–H and O–H groups in total. The summed E-state index contributed by atoms with van der Waals surface area (Å²) < 4.78 is 5.85. The first-order chi connectivity index (χ1) is 11.2. The lowest BCUT2D eigenvalue weighted by atomic mass is 10.1. The van der Waals surface area contributed by atoms with Crippen LogP contribution in [0.4, 0.5) is 5.69 Å². The van der Waals surface area contributed by atoms with E-state index in [9.17, 15) is 0 Å². The first-order valence-electron chi connectivity index (χ1n) is 8.46. The second-order valence-corrected chi connectivity index (χ2v) is 6.00. The van der Waals surface area contributed by atoms with Crippen LogP contribution in [0.2, 0.25) is 0 Å². The number of rotatable bonds is 9. The molecule has 0 saturated carbocycles. The van der Waals surface area contributed by atoms with E-state index in [1.54, 1.807) is 0 Å². The van der Waals surface area contributed by atoms with Gasteiger partial charge in [-0.25, -0.2) is 0 Å². The van der Waals surface area contributed by atoms with Crippen molar-refractivity contribution in [3.05, 3.63) is 59.2 Å². The van der Waals surface area contributed by atoms with Gasteiger partial charge in [-0.3, -0.25) is 0 Å². The lowest BCUT2D eigenvalue weighted by Crippen LogP contribution is -2.16. The largest absolute Gasteiger partial charge is 0.487 e. The van der Waals surface area contributed by atoms with Crippen LogP contribution >= 0.6 is 0 Å². The fourth-order valence-electron chi connectivity index (χ4n) is 2.57. The van der Waals surface area contributed by atoms with Gasteiger partial charge in [-0.1, -0.05) is 42.8 Å². The van der Waals surface area contributed by atoms with Crippen LogP contribution < -0.4 is 15.8 Å². The van der Waals surface area contributed by atoms with Crippen molar-refractivity contribution in [2.75, 3.05) is 18.8 Å². The van der Waals surface area contributed by atoms with E-state index in [0.29, 0.717) is 6.61 Å². The standard InChI is InChI=1S/C20H28N2O/c1-3-11-22-12-5-8-17-9-10-20(19(21)14-17)23-15-18-7-4-6-16(2)13-18/h4,6-7,9-10,13-14,22H,3,5,8,11-12,15,21H2,1-2H3. The highest BCUT2D eigenvalue weighted by atomic mass is 16.5. The Bertz CT molecular complexity index is 610. The zero-order valence-corrected chi connectivity index (χ0v) is 14.3. The van der Waals surface area contributed by atoms with E-state index in [4.69, 9.17) is 10.5 Å². The van der Waals surface area contributed by atoms with Gasteiger partial charge in [0, 0.05) is 0 Å². The van der Waals surface area contributed by atoms with Gasteiger partial charge in [-0.15, -0.1) is 0 Å². The third kappa shape index (κ3) is 5.95. The average Bonchev–Trinajstić information content (AvgIpc) is 2.54. The Morgan fingerprint density at radius 3 is 2.65 bits per heavy atom. The van der Waals surface area contributed by atoms with E-state index in [0.717, 1.165) is 42.9 Å². The molecule has 0 saturated heterocycles. The highest BCUT2D eigenvalue weighted by molar-refractivity contribution is 5.54. The minimum absolute atomic E-state index is 0.548. The molecule has 23 heavy (non-hydrogen) atoms. The molecule has 3 heteroatoms. The summed E-state index contributed by atoms with van der Waals surface area (Å²) >= 11 is 0. The van der Waals surface area contributed by atoms with Gasteiger partial charge in [0.05, 0.1) is 5.69 Å². The van der Waals surface area contributed by atoms with Crippen molar-refractivity contribution in [3.63, 3.8) is 0 Å². The molecule has 0 fully saturated rings. The van der Waals surface area contributed by atoms with E-state index in [1.165, 1.54) is 17.5 Å². The smallest absolute Gasteiger partial charge is 0.142 e. The van der Waals surface area contributed by atoms with Crippen molar-refractivity contribution in [1.29, 1.82) is 0 Å². The van der Waals surface area contributed by atoms with Crippen LogP contribution in [0.5, 0.6) is 5.75 Å². The highest BCUT2D eigenvalue weighted by Gasteiger charge is 2.03. The van der Waals surface area contributed by atoms with Gasteiger partial charge >= 0.3 is 0 Å². The molecule has 0 unspecified atom stereocenters. The summed E-state index contributed by atoms with van der Waals surface area (Å²) in [6, 6.07) is 14.5. The number of hydrogen-bond acceptors (Lipinski definition) is 3. The van der Waals surface area contributed by atoms with E-state index < -0.39 is 0 Å². The molecular weight excluding hydrogens is 284 g/mol. The Morgan fingerprint density at radius 1 is 1.04 bits per heavy atom. The number of anilines is 1. The minimum Gasteiger partial charge on any atom is -0.487 e. The maximum absolute atomic E-state index is 6.13. The quantitative estimate of drug-likeness (QED) is 0.541. The molecule has 0 heterocycles. The van der Waals surface area contributed by atoms with Crippen molar-refractivity contribution in [1.82, 2.24) is 5.32 Å². The third-order valence-corrected chi connectivity index (χ3v) is 3.80. The number of ether oxygens (including phenoxy) is 1. The zero-order valence-electron chi connectivity index (χ0n) is 14.3. The van der Waals surface area contributed by atoms with Gasteiger partial charge in [-0.2, -0.15) is 0 Å². The van der Waals surface area contributed by atoms with Gasteiger partial charge in [0.1, 0.15) is 12.4 Å². The molecule has 3 nitrogen and oxygen atoms in total. The van der Waals surface area contributed by atoms with Crippen LogP contribution in [0.15, 0.2) is 42.5 Å². The summed E-state index contributed by atoms with van der Waals surface area (Å²) in [6.45, 7) is 6.96. The number of nitrogen functional groups attached to an aromatic ring is 1. The second kappa shape index (κ2) is 9.21. The molecule has 2 rings (SSSR count). The van der Waals surface area contributed by atoms with Crippen LogP contribution in [-0.4, -0.2) is 13.1 Å². The maximum Gasteiger partial charge on any atom is 0.142 e. The molecule has 0 spiro atoms. The molecule has 0 bridgehead atoms. The van der Waals surface area contributed by atoms with Crippen LogP contribution in [0.25, 0.3) is 0 Å². The van der Waals surface area contributed by atoms with Crippen molar-refractivity contribution in [2.24, 2.45) is 0 Å². The van der Waals surface area contributed by atoms with Gasteiger partial charge in [-0.05, 0) is 62.5 Å². The summed E-state index contributed by atoms with van der Waals surface area (Å²) in [4.78, 5) is 0. The molecular formula is C20H28N2O. The van der Waals surface area contributed by atoms with Gasteiger partial charge in [0.25, 0.3) is 0 Å². The normalized spacial score (nSPS) is 10.7. The Hall–Kier alpha value is -2.00. The number of aryl methyl sites for hydroxylation is 2. The predicted molar refractivity (Wildman–Crippen MR) is 97.8 cm³/mol. The maximum atomic E-state index is 6.13. The number of hydrogen-bond donors (Lipinski definition) is 2. The minimum atomic E-state index is 0.548. The molecule has 0 aliphatic heterocycles. The summed E-state index contributed by atoms with van der Waals surface area (Å²) in [5.41, 5.74) is 10.5. The topological polar surface area (TPSA) is 47.3 Å². The number of nitrogens with one attached hydrogen (secondary N) is 1. The first kappa shape index (κ1) is 17.4. The molecule has 0 aliphatic rings. The lowest BCUT2D eigenvalue weighted by Gasteiger charge is -2.11. The Morgan fingerprint density at radius 2 is 1.91 bits per heavy atom. The van der Waals surface area contributed by atoms with E-state index in [-0.39, 0.29) is 0 Å². The van der Waals surface area contributed by atoms with Crippen molar-refractivity contribution >= 4 is 5.69 Å². The summed E-state index contributed by atoms with van der Waals surface area (Å²) in [5.74, 6) is 0.763. The van der Waals surface area contributed by atoms with Crippen molar-refractivity contribution < 1.29 is 4.74 Å². The van der Waals surface area contributed by atoms with Crippen molar-refractivity contribution in [3.8, 4) is 5.75 Å². The average molecular weight is 312 g/mol. The molecule has 0 aromatic heterocycles. The van der Waals surface area contributed by atoms with E-state index >= 15 is 0 Å². The Labute approximate surface area is 139 Å². The third-order valence-electron chi connectivity index (χ3n) is 3.80. The molecule has 2 aromatic carbocycles. The SMILES string of the molecule is CCCNCCCc1ccc(OCc2cccc(C)c2)c(N)c1. The molecule has 0 amide bonds. The van der Waals surface area contributed by atoms with Gasteiger partial charge in [0.15, 0.2) is 0 Å². The van der Waals surface area contributed by atoms with Gasteiger partial charge < -0.3 is 15.8 Å². The fraction of sp³-hybridized carbons (Fsp3) is 0.400. The van der Waals surface area contributed by atoms with Crippen LogP contribution in [-0.2, 0) is 13.0 Å². The fourth-order valence-corrected chi connectivity index (χ4v) is 2.57. The highest BCUT2D eigenvalue weighted by Crippen LogP contribution is 2.24. The molecule has 124 valence electrons. The molecule has 2 aromatic rings. The Balaban J connectivity index is 1.84. The molecule has 0 radical (unpaired) electrons. The van der Waals surface area contributed by atoms with Crippen LogP contribution in [0.3, 0.4) is 0 Å². The van der Waals surface area contributed by atoms with E-state index in [2.05, 4.69) is 43.4 Å². The van der Waals surface area contributed by atoms with Gasteiger partial charge in [0.2, 0.25) is 0 Å². The zero-order chi connectivity index (χ0) is 16.5. The summed E-state index contributed by atoms with van der Waals surface area (Å²) in [6.07, 6.45) is 3.35. The van der Waals surface area contributed by atoms with Crippen molar-refractivity contribution in [2.45, 2.75) is 39.7 Å². The Kier molecular flexibility index (Phi) is 6.95. The number of nitrogens with two attached hydrogens (primary N) is 1. The monoisotopic (exact) mass is 312 g/mol. The van der Waals surface area contributed by atoms with E-state index in [1.807, 2.05) is 18.2 Å². The summed E-state index contributed by atoms with van der Waals surface area (Å²) in [7, 11) is 0.